The van der Waals surface area contributed by atoms with Crippen molar-refractivity contribution in [2.45, 2.75) is 26.4 Å². The highest BCUT2D eigenvalue weighted by Crippen LogP contribution is 2.35. The quantitative estimate of drug-likeness (QED) is 0.775. The minimum atomic E-state index is -0.918. The lowest BCUT2D eigenvalue weighted by atomic mass is 10.3. The molecule has 1 atom stereocenters. The lowest BCUT2D eigenvalue weighted by Crippen LogP contribution is -2.21. The predicted octanol–water partition coefficient (Wildman–Crippen LogP) is 2.64. The molecule has 0 spiro atoms. The molecular formula is C14H17N2OP. The van der Waals surface area contributed by atoms with Gasteiger partial charge in [0.1, 0.15) is 8.15 Å². The molecule has 18 heavy (non-hydrogen) atoms. The van der Waals surface area contributed by atoms with Gasteiger partial charge in [0.05, 0.1) is 17.0 Å². The Morgan fingerprint density at radius 1 is 1.06 bits per heavy atom. The third-order valence-corrected chi connectivity index (χ3v) is 4.51. The number of aromatic nitrogens is 2. The summed E-state index contributed by atoms with van der Waals surface area (Å²) < 4.78 is 6.11. The molecular weight excluding hydrogens is 243 g/mol. The first-order chi connectivity index (χ1) is 8.81. The van der Waals surface area contributed by atoms with E-state index in [1.807, 2.05) is 36.4 Å². The smallest absolute Gasteiger partial charge is 0.130 e. The van der Waals surface area contributed by atoms with E-state index in [0.717, 1.165) is 17.3 Å². The van der Waals surface area contributed by atoms with Crippen LogP contribution in [-0.4, -0.2) is 16.1 Å². The molecule has 0 amide bonds. The van der Waals surface area contributed by atoms with Gasteiger partial charge < -0.3 is 4.52 Å². The number of rotatable bonds is 5. The highest BCUT2D eigenvalue weighted by atomic mass is 31.1. The van der Waals surface area contributed by atoms with Crippen molar-refractivity contribution >= 4 is 19.0 Å². The second-order valence-electron chi connectivity index (χ2n) is 3.99. The van der Waals surface area contributed by atoms with Crippen molar-refractivity contribution in [2.75, 3.05) is 0 Å². The largest absolute Gasteiger partial charge is 0.344 e. The summed E-state index contributed by atoms with van der Waals surface area (Å²) in [5.74, 6) is 0. The van der Waals surface area contributed by atoms with Crippen LogP contribution in [0.15, 0.2) is 48.8 Å². The molecule has 0 radical (unpaired) electrons. The van der Waals surface area contributed by atoms with Gasteiger partial charge in [-0.3, -0.25) is 9.97 Å². The molecule has 4 heteroatoms. The first-order valence-corrected chi connectivity index (χ1v) is 7.36. The van der Waals surface area contributed by atoms with E-state index < -0.39 is 8.15 Å². The van der Waals surface area contributed by atoms with Gasteiger partial charge in [-0.15, -0.1) is 0 Å². The van der Waals surface area contributed by atoms with E-state index in [9.17, 15) is 0 Å². The molecule has 2 aromatic rings. The second-order valence-corrected chi connectivity index (χ2v) is 5.71. The maximum Gasteiger partial charge on any atom is 0.130 e. The fourth-order valence-corrected chi connectivity index (χ4v) is 3.17. The Balaban J connectivity index is 2.29. The summed E-state index contributed by atoms with van der Waals surface area (Å²) in [6, 6.07) is 11.8. The van der Waals surface area contributed by atoms with E-state index in [2.05, 4.69) is 23.8 Å². The average molecular weight is 260 g/mol. The van der Waals surface area contributed by atoms with Gasteiger partial charge in [0.2, 0.25) is 0 Å². The molecule has 2 aromatic heterocycles. The van der Waals surface area contributed by atoms with Gasteiger partial charge in [-0.2, -0.15) is 0 Å². The predicted molar refractivity (Wildman–Crippen MR) is 75.5 cm³/mol. The minimum absolute atomic E-state index is 0.208. The summed E-state index contributed by atoms with van der Waals surface area (Å²) in [4.78, 5) is 8.81. The topological polar surface area (TPSA) is 35.0 Å². The zero-order chi connectivity index (χ0) is 12.8. The number of hydrogen-bond acceptors (Lipinski definition) is 3. The van der Waals surface area contributed by atoms with Crippen molar-refractivity contribution in [1.82, 2.24) is 9.97 Å². The molecule has 0 bridgehead atoms. The SMILES string of the molecule is CC[C@H](C)OP(c1ccccn1)c1ccccn1. The Bertz CT molecular complexity index is 424. The van der Waals surface area contributed by atoms with Crippen molar-refractivity contribution in [2.24, 2.45) is 0 Å². The summed E-state index contributed by atoms with van der Waals surface area (Å²) in [5.41, 5.74) is 1.93. The Labute approximate surface area is 109 Å². The number of nitrogens with zero attached hydrogens (tertiary/aromatic N) is 2. The molecule has 0 aromatic carbocycles. The summed E-state index contributed by atoms with van der Waals surface area (Å²) in [6.07, 6.45) is 4.79. The fraction of sp³-hybridized carbons (Fsp3) is 0.286. The normalized spacial score (nSPS) is 12.6. The molecule has 0 N–H and O–H groups in total. The van der Waals surface area contributed by atoms with E-state index in [-0.39, 0.29) is 6.10 Å². The molecule has 0 aliphatic rings. The molecule has 2 heterocycles. The summed E-state index contributed by atoms with van der Waals surface area (Å²) in [6.45, 7) is 4.20. The van der Waals surface area contributed by atoms with Crippen LogP contribution in [0.1, 0.15) is 20.3 Å². The number of pyridine rings is 2. The van der Waals surface area contributed by atoms with Crippen LogP contribution >= 0.6 is 8.15 Å². The van der Waals surface area contributed by atoms with Gasteiger partial charge in [-0.1, -0.05) is 19.1 Å². The van der Waals surface area contributed by atoms with Crippen LogP contribution in [0.4, 0.5) is 0 Å². The molecule has 0 fully saturated rings. The van der Waals surface area contributed by atoms with E-state index >= 15 is 0 Å². The fourth-order valence-electron chi connectivity index (χ4n) is 1.43. The van der Waals surface area contributed by atoms with Crippen molar-refractivity contribution in [3.05, 3.63) is 48.8 Å². The molecule has 0 unspecified atom stereocenters. The molecule has 2 rings (SSSR count). The third kappa shape index (κ3) is 3.34. The third-order valence-electron chi connectivity index (χ3n) is 2.57. The van der Waals surface area contributed by atoms with Crippen molar-refractivity contribution in [3.8, 4) is 0 Å². The first kappa shape index (κ1) is 13.1. The maximum absolute atomic E-state index is 6.11. The molecule has 0 saturated carbocycles. The molecule has 94 valence electrons. The van der Waals surface area contributed by atoms with E-state index in [0.29, 0.717) is 0 Å². The van der Waals surface area contributed by atoms with Gasteiger partial charge in [-0.25, -0.2) is 0 Å². The molecule has 0 aliphatic heterocycles. The van der Waals surface area contributed by atoms with Crippen LogP contribution < -0.4 is 10.9 Å². The second kappa shape index (κ2) is 6.58. The molecule has 3 nitrogen and oxygen atoms in total. The van der Waals surface area contributed by atoms with Gasteiger partial charge >= 0.3 is 0 Å². The first-order valence-electron chi connectivity index (χ1n) is 6.10. The zero-order valence-electron chi connectivity index (χ0n) is 10.7. The van der Waals surface area contributed by atoms with Crippen LogP contribution in [0.5, 0.6) is 0 Å². The minimum Gasteiger partial charge on any atom is -0.344 e. The Morgan fingerprint density at radius 2 is 1.61 bits per heavy atom. The van der Waals surface area contributed by atoms with Crippen LogP contribution in [-0.2, 0) is 4.52 Å². The lowest BCUT2D eigenvalue weighted by molar-refractivity contribution is 0.248. The highest BCUT2D eigenvalue weighted by molar-refractivity contribution is 7.68. The average Bonchev–Trinajstić information content (AvgIpc) is 2.46. The molecule has 0 saturated heterocycles. The van der Waals surface area contributed by atoms with Gasteiger partial charge in [-0.05, 0) is 37.6 Å². The van der Waals surface area contributed by atoms with E-state index in [1.165, 1.54) is 0 Å². The lowest BCUT2D eigenvalue weighted by Gasteiger charge is -2.20. The van der Waals surface area contributed by atoms with Crippen molar-refractivity contribution in [3.63, 3.8) is 0 Å². The van der Waals surface area contributed by atoms with Crippen LogP contribution in [0.3, 0.4) is 0 Å². The highest BCUT2D eigenvalue weighted by Gasteiger charge is 2.19. The maximum atomic E-state index is 6.11. The summed E-state index contributed by atoms with van der Waals surface area (Å²) >= 11 is 0. The van der Waals surface area contributed by atoms with Crippen molar-refractivity contribution in [1.29, 1.82) is 0 Å². The van der Waals surface area contributed by atoms with Gasteiger partial charge in [0.25, 0.3) is 0 Å². The zero-order valence-corrected chi connectivity index (χ0v) is 11.5. The van der Waals surface area contributed by atoms with Gasteiger partial charge in [0, 0.05) is 12.4 Å². The Hall–Kier alpha value is -1.31. The van der Waals surface area contributed by atoms with Crippen LogP contribution in [0.2, 0.25) is 0 Å². The molecule has 0 aliphatic carbocycles. The monoisotopic (exact) mass is 260 g/mol. The van der Waals surface area contributed by atoms with Crippen LogP contribution in [0, 0.1) is 0 Å². The van der Waals surface area contributed by atoms with E-state index in [1.54, 1.807) is 12.4 Å². The van der Waals surface area contributed by atoms with E-state index in [4.69, 9.17) is 4.52 Å². The van der Waals surface area contributed by atoms with Crippen molar-refractivity contribution < 1.29 is 4.52 Å². The number of hydrogen-bond donors (Lipinski definition) is 0. The Kier molecular flexibility index (Phi) is 4.80. The Morgan fingerprint density at radius 3 is 2.00 bits per heavy atom. The van der Waals surface area contributed by atoms with Gasteiger partial charge in [0.15, 0.2) is 0 Å². The summed E-state index contributed by atoms with van der Waals surface area (Å²) in [7, 11) is -0.918. The van der Waals surface area contributed by atoms with Crippen LogP contribution in [0.25, 0.3) is 0 Å². The standard InChI is InChI=1S/C14H17N2OP/c1-3-12(2)17-18(13-8-4-6-10-15-13)14-9-5-7-11-16-14/h4-12H,3H2,1-2H3/t12-/m0/s1. The summed E-state index contributed by atoms with van der Waals surface area (Å²) in [5, 5.41) is 0.